The lowest BCUT2D eigenvalue weighted by molar-refractivity contribution is 0.652. The number of aryl methyl sites for hydroxylation is 1. The first-order valence-electron chi connectivity index (χ1n) is 6.80. The van der Waals surface area contributed by atoms with Gasteiger partial charge in [-0.1, -0.05) is 24.3 Å². The van der Waals surface area contributed by atoms with E-state index in [1.807, 2.05) is 7.05 Å². The molecule has 2 aromatic rings. The smallest absolute Gasteiger partial charge is 0.0552 e. The van der Waals surface area contributed by atoms with Gasteiger partial charge in [-0.05, 0) is 66.2 Å². The van der Waals surface area contributed by atoms with Crippen LogP contribution in [0.4, 0.5) is 11.4 Å². The van der Waals surface area contributed by atoms with Gasteiger partial charge in [0.15, 0.2) is 0 Å². The van der Waals surface area contributed by atoms with Gasteiger partial charge in [-0.2, -0.15) is 0 Å². The Kier molecular flexibility index (Phi) is 4.84. The lowest BCUT2D eigenvalue weighted by atomic mass is 10.1. The summed E-state index contributed by atoms with van der Waals surface area (Å²) in [6.45, 7) is 4.30. The minimum atomic E-state index is 0.351. The van der Waals surface area contributed by atoms with E-state index in [4.69, 9.17) is 0 Å². The van der Waals surface area contributed by atoms with Crippen LogP contribution in [0.2, 0.25) is 0 Å². The van der Waals surface area contributed by atoms with Gasteiger partial charge in [0.05, 0.1) is 5.69 Å². The molecule has 2 nitrogen and oxygen atoms in total. The quantitative estimate of drug-likeness (QED) is 0.864. The Balaban J connectivity index is 2.36. The molecule has 2 aromatic carbocycles. The van der Waals surface area contributed by atoms with E-state index in [9.17, 15) is 0 Å². The average molecular weight is 333 g/mol. The van der Waals surface area contributed by atoms with Crippen molar-refractivity contribution in [2.75, 3.05) is 19.0 Å². The van der Waals surface area contributed by atoms with Gasteiger partial charge < -0.3 is 10.2 Å². The highest BCUT2D eigenvalue weighted by Crippen LogP contribution is 2.34. The lowest BCUT2D eigenvalue weighted by Crippen LogP contribution is -2.14. The van der Waals surface area contributed by atoms with Crippen molar-refractivity contribution in [1.29, 1.82) is 0 Å². The molecule has 0 aliphatic carbocycles. The SMILES string of the molecule is CNC(C)c1ccc(N(C)c2ccccc2C)c(Br)c1. The topological polar surface area (TPSA) is 15.3 Å². The summed E-state index contributed by atoms with van der Waals surface area (Å²) in [6, 6.07) is 15.3. The molecule has 20 heavy (non-hydrogen) atoms. The van der Waals surface area contributed by atoms with Crippen LogP contribution >= 0.6 is 15.9 Å². The van der Waals surface area contributed by atoms with Crippen LogP contribution in [0.5, 0.6) is 0 Å². The summed E-state index contributed by atoms with van der Waals surface area (Å²) in [5.41, 5.74) is 4.95. The molecular formula is C17H21BrN2. The van der Waals surface area contributed by atoms with E-state index < -0.39 is 0 Å². The summed E-state index contributed by atoms with van der Waals surface area (Å²) in [7, 11) is 4.08. The minimum Gasteiger partial charge on any atom is -0.343 e. The van der Waals surface area contributed by atoms with Crippen molar-refractivity contribution >= 4 is 27.3 Å². The van der Waals surface area contributed by atoms with Crippen LogP contribution in [-0.4, -0.2) is 14.1 Å². The average Bonchev–Trinajstić information content (AvgIpc) is 2.46. The van der Waals surface area contributed by atoms with E-state index in [0.29, 0.717) is 6.04 Å². The number of benzene rings is 2. The van der Waals surface area contributed by atoms with Gasteiger partial charge in [0, 0.05) is 23.2 Å². The number of hydrogen-bond acceptors (Lipinski definition) is 2. The van der Waals surface area contributed by atoms with E-state index in [-0.39, 0.29) is 0 Å². The van der Waals surface area contributed by atoms with Crippen molar-refractivity contribution in [2.45, 2.75) is 19.9 Å². The third-order valence-corrected chi connectivity index (χ3v) is 4.38. The number of nitrogens with one attached hydrogen (secondary N) is 1. The molecule has 0 amide bonds. The van der Waals surface area contributed by atoms with Crippen LogP contribution in [0.1, 0.15) is 24.1 Å². The number of para-hydroxylation sites is 1. The summed E-state index contributed by atoms with van der Waals surface area (Å²) < 4.78 is 1.11. The molecule has 0 saturated carbocycles. The Bertz CT molecular complexity index is 595. The van der Waals surface area contributed by atoms with Gasteiger partial charge in [0.1, 0.15) is 0 Å². The molecule has 0 fully saturated rings. The van der Waals surface area contributed by atoms with Crippen molar-refractivity contribution in [3.63, 3.8) is 0 Å². The van der Waals surface area contributed by atoms with E-state index in [2.05, 4.69) is 89.5 Å². The standard InChI is InChI=1S/C17H21BrN2/c1-12-7-5-6-8-16(12)20(4)17-10-9-14(11-15(17)18)13(2)19-3/h5-11,13,19H,1-4H3. The van der Waals surface area contributed by atoms with Crippen LogP contribution in [0.15, 0.2) is 46.9 Å². The Morgan fingerprint density at radius 3 is 2.40 bits per heavy atom. The second-order valence-corrected chi connectivity index (χ2v) is 5.92. The highest BCUT2D eigenvalue weighted by Gasteiger charge is 2.12. The molecule has 0 saturated heterocycles. The third-order valence-electron chi connectivity index (χ3n) is 3.74. The van der Waals surface area contributed by atoms with Crippen LogP contribution in [0.25, 0.3) is 0 Å². The zero-order chi connectivity index (χ0) is 14.7. The first-order valence-corrected chi connectivity index (χ1v) is 7.60. The number of nitrogens with zero attached hydrogens (tertiary/aromatic N) is 1. The summed E-state index contributed by atoms with van der Waals surface area (Å²) in [6.07, 6.45) is 0. The maximum absolute atomic E-state index is 3.70. The molecule has 1 N–H and O–H groups in total. The maximum atomic E-state index is 3.70. The summed E-state index contributed by atoms with van der Waals surface area (Å²) in [5, 5.41) is 3.26. The number of hydrogen-bond donors (Lipinski definition) is 1. The second-order valence-electron chi connectivity index (χ2n) is 5.07. The lowest BCUT2D eigenvalue weighted by Gasteiger charge is -2.24. The zero-order valence-electron chi connectivity index (χ0n) is 12.4. The number of halogens is 1. The van der Waals surface area contributed by atoms with E-state index in [1.165, 1.54) is 22.5 Å². The monoisotopic (exact) mass is 332 g/mol. The summed E-state index contributed by atoms with van der Waals surface area (Å²) in [5.74, 6) is 0. The molecule has 0 aromatic heterocycles. The fraction of sp³-hybridized carbons (Fsp3) is 0.294. The Morgan fingerprint density at radius 2 is 1.80 bits per heavy atom. The molecule has 1 unspecified atom stereocenters. The van der Waals surface area contributed by atoms with Gasteiger partial charge in [-0.25, -0.2) is 0 Å². The largest absolute Gasteiger partial charge is 0.343 e. The Hall–Kier alpha value is -1.32. The predicted octanol–water partition coefficient (Wildman–Crippen LogP) is 4.81. The van der Waals surface area contributed by atoms with Crippen LogP contribution in [0.3, 0.4) is 0 Å². The normalized spacial score (nSPS) is 12.2. The molecule has 0 spiro atoms. The highest BCUT2D eigenvalue weighted by molar-refractivity contribution is 9.10. The van der Waals surface area contributed by atoms with Gasteiger partial charge in [-0.3, -0.25) is 0 Å². The number of rotatable bonds is 4. The van der Waals surface area contributed by atoms with E-state index >= 15 is 0 Å². The van der Waals surface area contributed by atoms with Crippen LogP contribution in [0, 0.1) is 6.92 Å². The number of anilines is 2. The molecule has 0 heterocycles. The van der Waals surface area contributed by atoms with Crippen LogP contribution < -0.4 is 10.2 Å². The maximum Gasteiger partial charge on any atom is 0.0552 e. The molecular weight excluding hydrogens is 312 g/mol. The van der Waals surface area contributed by atoms with E-state index in [1.54, 1.807) is 0 Å². The van der Waals surface area contributed by atoms with Gasteiger partial charge >= 0.3 is 0 Å². The third kappa shape index (κ3) is 3.05. The van der Waals surface area contributed by atoms with Crippen molar-refractivity contribution in [3.05, 3.63) is 58.1 Å². The molecule has 106 valence electrons. The van der Waals surface area contributed by atoms with Crippen molar-refractivity contribution in [2.24, 2.45) is 0 Å². The van der Waals surface area contributed by atoms with Gasteiger partial charge in [-0.15, -0.1) is 0 Å². The molecule has 3 heteroatoms. The Labute approximate surface area is 129 Å². The van der Waals surface area contributed by atoms with Crippen LogP contribution in [-0.2, 0) is 0 Å². The summed E-state index contributed by atoms with van der Waals surface area (Å²) in [4.78, 5) is 2.22. The van der Waals surface area contributed by atoms with Crippen molar-refractivity contribution in [3.8, 4) is 0 Å². The minimum absolute atomic E-state index is 0.351. The molecule has 0 bridgehead atoms. The first-order chi connectivity index (χ1) is 9.54. The molecule has 1 atom stereocenters. The highest BCUT2D eigenvalue weighted by atomic mass is 79.9. The fourth-order valence-electron chi connectivity index (χ4n) is 2.30. The molecule has 2 rings (SSSR count). The summed E-state index contributed by atoms with van der Waals surface area (Å²) >= 11 is 3.70. The molecule has 0 radical (unpaired) electrons. The van der Waals surface area contributed by atoms with E-state index in [0.717, 1.165) is 4.47 Å². The second kappa shape index (κ2) is 6.42. The first kappa shape index (κ1) is 15.1. The molecule has 0 aliphatic heterocycles. The predicted molar refractivity (Wildman–Crippen MR) is 90.9 cm³/mol. The fourth-order valence-corrected chi connectivity index (χ4v) is 2.96. The van der Waals surface area contributed by atoms with Gasteiger partial charge in [0.2, 0.25) is 0 Å². The van der Waals surface area contributed by atoms with Gasteiger partial charge in [0.25, 0.3) is 0 Å². The Morgan fingerprint density at radius 1 is 1.10 bits per heavy atom. The zero-order valence-corrected chi connectivity index (χ0v) is 14.0. The van der Waals surface area contributed by atoms with Crippen molar-refractivity contribution < 1.29 is 0 Å². The molecule has 0 aliphatic rings. The van der Waals surface area contributed by atoms with Crippen molar-refractivity contribution in [1.82, 2.24) is 5.32 Å².